The Morgan fingerprint density at radius 3 is 2.81 bits per heavy atom. The summed E-state index contributed by atoms with van der Waals surface area (Å²) in [7, 11) is -3.62. The lowest BCUT2D eigenvalue weighted by molar-refractivity contribution is 0.425. The van der Waals surface area contributed by atoms with E-state index in [0.717, 1.165) is 12.8 Å². The Morgan fingerprint density at radius 1 is 1.38 bits per heavy atom. The van der Waals surface area contributed by atoms with Gasteiger partial charge in [0.15, 0.2) is 0 Å². The van der Waals surface area contributed by atoms with Crippen molar-refractivity contribution in [3.05, 3.63) is 48.3 Å². The number of nitrogens with one attached hydrogen (secondary N) is 1. The molecule has 0 radical (unpaired) electrons. The van der Waals surface area contributed by atoms with E-state index in [0.29, 0.717) is 12.1 Å². The van der Waals surface area contributed by atoms with Crippen molar-refractivity contribution in [1.82, 2.24) is 14.5 Å². The van der Waals surface area contributed by atoms with Gasteiger partial charge in [0.2, 0.25) is 10.0 Å². The van der Waals surface area contributed by atoms with E-state index in [1.54, 1.807) is 23.0 Å². The van der Waals surface area contributed by atoms with E-state index in [9.17, 15) is 8.42 Å². The summed E-state index contributed by atoms with van der Waals surface area (Å²) >= 11 is 0. The van der Waals surface area contributed by atoms with Crippen LogP contribution in [0.2, 0.25) is 0 Å². The Hall–Kier alpha value is -2.17. The molecule has 0 spiro atoms. The predicted octanol–water partition coefficient (Wildman–Crippen LogP) is 1.22. The number of hydrogen-bond donors (Lipinski definition) is 1. The van der Waals surface area contributed by atoms with Crippen molar-refractivity contribution < 1.29 is 8.42 Å². The number of nitriles is 1. The highest BCUT2D eigenvalue weighted by atomic mass is 32.2. The first-order chi connectivity index (χ1) is 10.1. The summed E-state index contributed by atoms with van der Waals surface area (Å²) in [6.07, 6.45) is 5.33. The first-order valence-corrected chi connectivity index (χ1v) is 8.04. The fraction of sp³-hybridized carbons (Fsp3) is 0.286. The summed E-state index contributed by atoms with van der Waals surface area (Å²) in [4.78, 5) is 0.109. The van der Waals surface area contributed by atoms with Crippen LogP contribution in [0.15, 0.2) is 47.6 Å². The molecule has 2 aromatic rings. The van der Waals surface area contributed by atoms with Gasteiger partial charge in [0.25, 0.3) is 0 Å². The molecule has 0 aliphatic heterocycles. The fourth-order valence-corrected chi connectivity index (χ4v) is 3.39. The first-order valence-electron chi connectivity index (χ1n) is 6.56. The molecular formula is C14H14N4O2S. The number of aromatic nitrogens is 2. The predicted molar refractivity (Wildman–Crippen MR) is 75.8 cm³/mol. The van der Waals surface area contributed by atoms with E-state index in [2.05, 4.69) is 9.82 Å². The summed E-state index contributed by atoms with van der Waals surface area (Å²) in [6, 6.07) is 9.76. The van der Waals surface area contributed by atoms with Crippen LogP contribution in [0.5, 0.6) is 0 Å². The highest BCUT2D eigenvalue weighted by Crippen LogP contribution is 2.42. The van der Waals surface area contributed by atoms with Gasteiger partial charge in [-0.25, -0.2) is 13.1 Å². The second-order valence-corrected chi connectivity index (χ2v) is 6.91. The zero-order valence-corrected chi connectivity index (χ0v) is 12.0. The summed E-state index contributed by atoms with van der Waals surface area (Å²) in [5.41, 5.74) is 0.0785. The topological polar surface area (TPSA) is 87.8 Å². The number of rotatable bonds is 5. The molecule has 1 N–H and O–H groups in total. The minimum Gasteiger partial charge on any atom is -0.265 e. The highest BCUT2D eigenvalue weighted by molar-refractivity contribution is 7.89. The van der Waals surface area contributed by atoms with Crippen LogP contribution in [-0.4, -0.2) is 24.7 Å². The molecule has 6 nitrogen and oxygen atoms in total. The van der Waals surface area contributed by atoms with Gasteiger partial charge in [0, 0.05) is 18.9 Å². The van der Waals surface area contributed by atoms with Crippen LogP contribution >= 0.6 is 0 Å². The van der Waals surface area contributed by atoms with Gasteiger partial charge in [0.1, 0.15) is 0 Å². The van der Waals surface area contributed by atoms with Crippen LogP contribution in [0.3, 0.4) is 0 Å². The van der Waals surface area contributed by atoms with Crippen LogP contribution in [0, 0.1) is 11.3 Å². The molecule has 1 aliphatic carbocycles. The SMILES string of the molecule is N#Cc1cccc(S(=O)(=O)NCC2(n3cccn3)CC2)c1. The molecule has 108 valence electrons. The van der Waals surface area contributed by atoms with Crippen LogP contribution in [0.4, 0.5) is 0 Å². The van der Waals surface area contributed by atoms with Gasteiger partial charge in [-0.15, -0.1) is 0 Å². The maximum absolute atomic E-state index is 12.3. The number of hydrogen-bond acceptors (Lipinski definition) is 4. The van der Waals surface area contributed by atoms with Gasteiger partial charge >= 0.3 is 0 Å². The van der Waals surface area contributed by atoms with Crippen molar-refractivity contribution in [2.24, 2.45) is 0 Å². The smallest absolute Gasteiger partial charge is 0.240 e. The lowest BCUT2D eigenvalue weighted by Gasteiger charge is -2.17. The third kappa shape index (κ3) is 2.68. The van der Waals surface area contributed by atoms with Gasteiger partial charge in [0.05, 0.1) is 22.1 Å². The second kappa shape index (κ2) is 4.98. The Balaban J connectivity index is 1.77. The van der Waals surface area contributed by atoms with E-state index in [1.807, 2.05) is 18.3 Å². The zero-order valence-electron chi connectivity index (χ0n) is 11.2. The normalized spacial score (nSPS) is 16.3. The summed E-state index contributed by atoms with van der Waals surface area (Å²) < 4.78 is 29.0. The van der Waals surface area contributed by atoms with Crippen LogP contribution < -0.4 is 4.72 Å². The quantitative estimate of drug-likeness (QED) is 0.899. The third-order valence-corrected chi connectivity index (χ3v) is 5.08. The van der Waals surface area contributed by atoms with E-state index < -0.39 is 10.0 Å². The molecule has 21 heavy (non-hydrogen) atoms. The molecule has 7 heteroatoms. The van der Waals surface area contributed by atoms with Crippen LogP contribution in [0.25, 0.3) is 0 Å². The molecule has 1 heterocycles. The lowest BCUT2D eigenvalue weighted by Crippen LogP contribution is -2.35. The van der Waals surface area contributed by atoms with E-state index in [-0.39, 0.29) is 10.4 Å². The van der Waals surface area contributed by atoms with Crippen molar-refractivity contribution in [3.63, 3.8) is 0 Å². The highest BCUT2D eigenvalue weighted by Gasteiger charge is 2.45. The Bertz CT molecular complexity index is 787. The molecule has 1 aromatic carbocycles. The number of sulfonamides is 1. The van der Waals surface area contributed by atoms with Crippen molar-refractivity contribution in [3.8, 4) is 6.07 Å². The molecule has 0 bridgehead atoms. The van der Waals surface area contributed by atoms with E-state index in [4.69, 9.17) is 5.26 Å². The van der Waals surface area contributed by atoms with Gasteiger partial charge in [-0.05, 0) is 37.1 Å². The summed E-state index contributed by atoms with van der Waals surface area (Å²) in [6.45, 7) is 0.299. The molecule has 3 rings (SSSR count). The maximum Gasteiger partial charge on any atom is 0.240 e. The van der Waals surface area contributed by atoms with Crippen LogP contribution in [0.1, 0.15) is 18.4 Å². The summed E-state index contributed by atoms with van der Waals surface area (Å²) in [5.74, 6) is 0. The van der Waals surface area contributed by atoms with Crippen molar-refractivity contribution in [2.45, 2.75) is 23.3 Å². The minimum absolute atomic E-state index is 0.109. The van der Waals surface area contributed by atoms with Crippen molar-refractivity contribution >= 4 is 10.0 Å². The first kappa shape index (κ1) is 13.8. The molecule has 1 aromatic heterocycles. The molecule has 0 saturated heterocycles. The number of nitrogens with zero attached hydrogens (tertiary/aromatic N) is 3. The van der Waals surface area contributed by atoms with Gasteiger partial charge in [-0.1, -0.05) is 6.07 Å². The van der Waals surface area contributed by atoms with E-state index in [1.165, 1.54) is 12.1 Å². The zero-order chi connectivity index (χ0) is 14.9. The lowest BCUT2D eigenvalue weighted by atomic mass is 10.2. The molecule has 0 atom stereocenters. The maximum atomic E-state index is 12.3. The second-order valence-electron chi connectivity index (χ2n) is 5.14. The molecule has 0 amide bonds. The summed E-state index contributed by atoms with van der Waals surface area (Å²) in [5, 5.41) is 13.0. The fourth-order valence-electron chi connectivity index (χ4n) is 2.23. The monoisotopic (exact) mass is 302 g/mol. The van der Waals surface area contributed by atoms with Gasteiger partial charge in [-0.3, -0.25) is 4.68 Å². The molecular weight excluding hydrogens is 288 g/mol. The minimum atomic E-state index is -3.62. The Labute approximate surface area is 123 Å². The third-order valence-electron chi connectivity index (χ3n) is 3.68. The standard InChI is InChI=1S/C14H14N4O2S/c15-10-12-3-1-4-13(9-12)21(19,20)17-11-14(5-6-14)18-8-2-7-16-18/h1-4,7-9,17H,5-6,11H2. The average Bonchev–Trinajstić information content (AvgIpc) is 3.09. The molecule has 1 saturated carbocycles. The van der Waals surface area contributed by atoms with Crippen molar-refractivity contribution in [2.75, 3.05) is 6.54 Å². The molecule has 1 fully saturated rings. The Morgan fingerprint density at radius 2 is 2.19 bits per heavy atom. The number of benzene rings is 1. The van der Waals surface area contributed by atoms with E-state index >= 15 is 0 Å². The average molecular weight is 302 g/mol. The van der Waals surface area contributed by atoms with Gasteiger partial charge in [-0.2, -0.15) is 10.4 Å². The van der Waals surface area contributed by atoms with Crippen molar-refractivity contribution in [1.29, 1.82) is 5.26 Å². The van der Waals surface area contributed by atoms with Crippen LogP contribution in [-0.2, 0) is 15.6 Å². The van der Waals surface area contributed by atoms with Gasteiger partial charge < -0.3 is 0 Å². The largest absolute Gasteiger partial charge is 0.265 e. The Kier molecular flexibility index (Phi) is 3.27. The molecule has 0 unspecified atom stereocenters. The molecule has 1 aliphatic rings.